The molecule has 0 spiro atoms. The van der Waals surface area contributed by atoms with Gasteiger partial charge in [-0.15, -0.1) is 15.3 Å². The monoisotopic (exact) mass is 1330 g/mol. The van der Waals surface area contributed by atoms with Crippen molar-refractivity contribution in [3.8, 4) is 0 Å². The molecule has 3 fully saturated rings. The third kappa shape index (κ3) is 19.2. The first-order valence-corrected chi connectivity index (χ1v) is 36.3. The average molecular weight is 1330 g/mol. The molecule has 6 unspecified atom stereocenters. The Morgan fingerprint density at radius 2 is 0.938 bits per heavy atom. The van der Waals surface area contributed by atoms with Gasteiger partial charge < -0.3 is 48.8 Å². The molecule has 0 radical (unpaired) electrons. The summed E-state index contributed by atoms with van der Waals surface area (Å²) in [5, 5.41) is 21.1. The van der Waals surface area contributed by atoms with Gasteiger partial charge >= 0.3 is 0 Å². The van der Waals surface area contributed by atoms with E-state index in [0.717, 1.165) is 138 Å². The zero-order chi connectivity index (χ0) is 68.0. The molecule has 9 aromatic rings. The van der Waals surface area contributed by atoms with Gasteiger partial charge in [-0.3, -0.25) is 19.5 Å². The molecule has 0 bridgehead atoms. The van der Waals surface area contributed by atoms with Crippen LogP contribution in [0.1, 0.15) is 168 Å². The van der Waals surface area contributed by atoms with Crippen molar-refractivity contribution in [3.05, 3.63) is 131 Å². The Morgan fingerprint density at radius 1 is 0.521 bits per heavy atom. The minimum Gasteiger partial charge on any atom is -0.420 e. The van der Waals surface area contributed by atoms with Crippen LogP contribution >= 0.6 is 11.3 Å². The van der Waals surface area contributed by atoms with Crippen molar-refractivity contribution in [2.45, 2.75) is 157 Å². The van der Waals surface area contributed by atoms with Crippen molar-refractivity contribution in [3.63, 3.8) is 0 Å². The van der Waals surface area contributed by atoms with Gasteiger partial charge in [0.15, 0.2) is 33.9 Å². The number of anilines is 3. The normalized spacial score (nSPS) is 18.5. The second-order valence-electron chi connectivity index (χ2n) is 29.3. The summed E-state index contributed by atoms with van der Waals surface area (Å²) >= 11 is 1.46. The second kappa shape index (κ2) is 33.6. The Morgan fingerprint density at radius 3 is 1.41 bits per heavy atom. The van der Waals surface area contributed by atoms with Crippen molar-refractivity contribution in [2.75, 3.05) is 94.7 Å². The molecule has 6 aromatic heterocycles. The van der Waals surface area contributed by atoms with Gasteiger partial charge in [-0.1, -0.05) is 127 Å². The maximum absolute atomic E-state index is 13.2. The number of para-hydroxylation sites is 3. The van der Waals surface area contributed by atoms with Crippen LogP contribution in [0.3, 0.4) is 0 Å². The largest absolute Gasteiger partial charge is 0.420 e. The summed E-state index contributed by atoms with van der Waals surface area (Å²) in [4.78, 5) is 72.2. The number of carbonyl (C=O) groups is 3. The number of nitrogens with one attached hydrogen (secondary N) is 4. The van der Waals surface area contributed by atoms with Crippen LogP contribution in [0.5, 0.6) is 0 Å². The summed E-state index contributed by atoms with van der Waals surface area (Å²) in [6, 6.07) is 27.1. The van der Waals surface area contributed by atoms with Gasteiger partial charge in [-0.2, -0.15) is 4.98 Å². The van der Waals surface area contributed by atoms with Crippen LogP contribution < -0.4 is 14.7 Å². The summed E-state index contributed by atoms with van der Waals surface area (Å²) in [6.45, 7) is 28.4. The number of carbonyl (C=O) groups excluding carboxylic acids is 3. The number of nitrogens with zero attached hydrogens (tertiary/aromatic N) is 11. The molecule has 20 heteroatoms. The summed E-state index contributed by atoms with van der Waals surface area (Å²) < 4.78 is 5.94. The third-order valence-electron chi connectivity index (χ3n) is 20.3. The molecule has 516 valence electrons. The number of Topliss-reactive ketones (excluding diaryl/α,β-unsaturated/α-hetero) is 3. The highest BCUT2D eigenvalue weighted by atomic mass is 32.1. The van der Waals surface area contributed by atoms with E-state index in [1.54, 1.807) is 6.20 Å². The molecule has 12 rings (SSSR count). The van der Waals surface area contributed by atoms with Crippen molar-refractivity contribution >= 4 is 78.5 Å². The number of hydrogen-bond donors (Lipinski definition) is 4. The van der Waals surface area contributed by atoms with E-state index in [1.165, 1.54) is 44.2 Å². The number of likely N-dealkylation sites (N-methyl/N-ethyl adjacent to an activating group) is 3. The molecule has 3 aliphatic rings. The molecule has 9 heterocycles. The lowest BCUT2D eigenvalue weighted by atomic mass is 9.87. The number of ketones is 3. The molecule has 3 saturated heterocycles. The van der Waals surface area contributed by atoms with Crippen molar-refractivity contribution in [2.24, 2.45) is 35.5 Å². The smallest absolute Gasteiger partial charge is 0.297 e. The molecule has 0 amide bonds. The first-order chi connectivity index (χ1) is 46.2. The number of aromatic nitrogens is 9. The van der Waals surface area contributed by atoms with Crippen molar-refractivity contribution in [1.82, 2.24) is 60.0 Å². The predicted octanol–water partition coefficient (Wildman–Crippen LogP) is 14.5. The second-order valence-corrected chi connectivity index (χ2v) is 30.2. The first kappa shape index (κ1) is 71.3. The molecule has 19 nitrogen and oxygen atoms in total. The molecule has 4 N–H and O–H groups in total. The minimum atomic E-state index is 0.0551. The van der Waals surface area contributed by atoms with E-state index in [9.17, 15) is 14.4 Å². The van der Waals surface area contributed by atoms with Gasteiger partial charge in [0, 0.05) is 148 Å². The highest BCUT2D eigenvalue weighted by molar-refractivity contribution is 7.17. The van der Waals surface area contributed by atoms with Gasteiger partial charge in [-0.05, 0) is 151 Å². The molecule has 0 aliphatic carbocycles. The standard InChI is InChI=1S/C26H36N4O2.C25H36N6O.C25H35N5OS/c1-18(2)9-10-20(13-21-15-27-23-8-6-5-7-22(21)23)14-24(31)25-16-28-26(32-25)30-12-11-29(4)19(3)17-30;1-17(2)9-10-19(13-20-15-26-22-8-6-5-7-21(20)22)14-23(32)24-27-25(29-28-24)31-12-11-30(4)18(3)16-31;1-17(2)9-10-19(13-20-15-26-22-8-6-5-7-21(20)22)14-23(31)24-27-28-25(32-24)30-12-11-29(4)18(3)16-30/h5-8,15-16,18-20,27H,9-14,17H2,1-4H3;5-8,15,17-19,26H,9-14,16H2,1-4H3,(H,27,28,29);5-8,15,17-19,26H,9-14,16H2,1-4H3. The third-order valence-corrected chi connectivity index (χ3v) is 21.3. The fourth-order valence-electron chi connectivity index (χ4n) is 13.6. The molecule has 3 aromatic carbocycles. The zero-order valence-corrected chi connectivity index (χ0v) is 60.1. The number of benzene rings is 3. The van der Waals surface area contributed by atoms with Gasteiger partial charge in [0.25, 0.3) is 6.01 Å². The van der Waals surface area contributed by atoms with E-state index in [4.69, 9.17) is 4.42 Å². The van der Waals surface area contributed by atoms with E-state index >= 15 is 0 Å². The van der Waals surface area contributed by atoms with Crippen LogP contribution in [0.4, 0.5) is 17.1 Å². The number of aromatic amines is 4. The summed E-state index contributed by atoms with van der Waals surface area (Å²) in [7, 11) is 6.43. The van der Waals surface area contributed by atoms with Gasteiger partial charge in [0.1, 0.15) is 0 Å². The molecule has 0 saturated carbocycles. The predicted molar refractivity (Wildman–Crippen MR) is 391 cm³/mol. The molecule has 3 aliphatic heterocycles. The number of H-pyrrole nitrogens is 4. The molecular formula is C76H107N15O4S. The Balaban J connectivity index is 0.000000157. The lowest BCUT2D eigenvalue weighted by Crippen LogP contribution is -2.50. The van der Waals surface area contributed by atoms with E-state index < -0.39 is 0 Å². The van der Waals surface area contributed by atoms with Crippen LogP contribution in [0, 0.1) is 35.5 Å². The van der Waals surface area contributed by atoms with Crippen LogP contribution in [0.25, 0.3) is 32.7 Å². The first-order valence-electron chi connectivity index (χ1n) is 35.5. The lowest BCUT2D eigenvalue weighted by molar-refractivity contribution is 0.0926. The highest BCUT2D eigenvalue weighted by Crippen LogP contribution is 2.33. The Hall–Kier alpha value is -7.52. The molecule has 96 heavy (non-hydrogen) atoms. The fourth-order valence-corrected chi connectivity index (χ4v) is 14.5. The minimum absolute atomic E-state index is 0.0551. The molecular weight excluding hydrogens is 1220 g/mol. The van der Waals surface area contributed by atoms with Crippen molar-refractivity contribution < 1.29 is 18.8 Å². The van der Waals surface area contributed by atoms with Crippen LogP contribution in [0.2, 0.25) is 0 Å². The quantitative estimate of drug-likeness (QED) is 0.0353. The average Bonchev–Trinajstić information content (AvgIpc) is 1.72. The maximum Gasteiger partial charge on any atom is 0.297 e. The summed E-state index contributed by atoms with van der Waals surface area (Å²) in [6.07, 6.45) is 18.6. The topological polar surface area (TPSA) is 211 Å². The Bertz CT molecular complexity index is 3510. The Kier molecular flexibility index (Phi) is 25.0. The maximum atomic E-state index is 13.2. The van der Waals surface area contributed by atoms with Crippen LogP contribution in [0.15, 0.2) is 102 Å². The summed E-state index contributed by atoms with van der Waals surface area (Å²) in [5.74, 6) is 4.39. The van der Waals surface area contributed by atoms with Gasteiger partial charge in [-0.25, -0.2) is 4.98 Å². The number of oxazole rings is 1. The highest BCUT2D eigenvalue weighted by Gasteiger charge is 2.30. The number of fused-ring (bicyclic) bond motifs is 3. The number of rotatable bonds is 27. The summed E-state index contributed by atoms with van der Waals surface area (Å²) in [5.41, 5.74) is 7.33. The van der Waals surface area contributed by atoms with Gasteiger partial charge in [0.05, 0.1) is 6.20 Å². The Labute approximate surface area is 573 Å². The van der Waals surface area contributed by atoms with Crippen LogP contribution in [-0.4, -0.2) is 176 Å². The SMILES string of the molecule is CC(C)CCC(CC(=O)c1cnc(N2CCN(C)C(C)C2)o1)Cc1c[nH]c2ccccc12.CC(C)CCC(CC(=O)c1nc(N2CCN(C)C(C)C2)n[nH]1)Cc1c[nH]c2ccccc12.CC(C)CCC(CC(=O)c1nnc(N2CCN(C)C(C)C2)s1)Cc1c[nH]c2ccccc12. The van der Waals surface area contributed by atoms with Crippen LogP contribution in [-0.2, 0) is 19.3 Å². The van der Waals surface area contributed by atoms with Crippen molar-refractivity contribution in [1.29, 1.82) is 0 Å². The molecule has 6 atom stereocenters. The number of piperazine rings is 3. The zero-order valence-electron chi connectivity index (χ0n) is 59.2. The van der Waals surface area contributed by atoms with E-state index in [1.807, 2.05) is 12.1 Å². The van der Waals surface area contributed by atoms with E-state index in [-0.39, 0.29) is 29.2 Å². The van der Waals surface area contributed by atoms with Gasteiger partial charge in [0.2, 0.25) is 11.1 Å². The van der Waals surface area contributed by atoms with E-state index in [2.05, 4.69) is 237 Å². The fraction of sp³-hybridized carbons (Fsp3) is 0.553. The number of hydrogen-bond acceptors (Lipinski definition) is 16. The van der Waals surface area contributed by atoms with E-state index in [0.29, 0.717) is 89.6 Å². The lowest BCUT2D eigenvalue weighted by Gasteiger charge is -2.37.